The zero-order chi connectivity index (χ0) is 33.5. The Morgan fingerprint density at radius 2 is 1.20 bits per heavy atom. The Labute approximate surface area is 302 Å². The van der Waals surface area contributed by atoms with Crippen molar-refractivity contribution in [1.82, 2.24) is 19.5 Å². The highest BCUT2D eigenvalue weighted by atomic mass is 32.2. The summed E-state index contributed by atoms with van der Waals surface area (Å²) in [6, 6.07) is 51.5. The van der Waals surface area contributed by atoms with Gasteiger partial charge in [-0.15, -0.1) is 23.1 Å². The van der Waals surface area contributed by atoms with E-state index in [2.05, 4.69) is 126 Å². The van der Waals surface area contributed by atoms with Crippen LogP contribution in [-0.2, 0) is 0 Å². The van der Waals surface area contributed by atoms with Crippen LogP contribution in [0.4, 0.5) is 0 Å². The molecule has 0 radical (unpaired) electrons. The molecular weight excluding hydrogens is 661 g/mol. The molecule has 6 aromatic carbocycles. The van der Waals surface area contributed by atoms with Gasteiger partial charge in [-0.1, -0.05) is 127 Å². The molecule has 0 saturated carbocycles. The van der Waals surface area contributed by atoms with Crippen molar-refractivity contribution in [3.05, 3.63) is 168 Å². The van der Waals surface area contributed by atoms with Crippen LogP contribution in [0.15, 0.2) is 157 Å². The maximum atomic E-state index is 5.11. The first kappa shape index (κ1) is 29.0. The van der Waals surface area contributed by atoms with Crippen molar-refractivity contribution in [3.8, 4) is 39.9 Å². The molecule has 6 heteroatoms. The lowest BCUT2D eigenvalue weighted by Crippen LogP contribution is -2.12. The summed E-state index contributed by atoms with van der Waals surface area (Å²) in [7, 11) is 0. The minimum atomic E-state index is 0.292. The molecule has 0 fully saturated rings. The molecule has 240 valence electrons. The van der Waals surface area contributed by atoms with Crippen LogP contribution in [0.5, 0.6) is 0 Å². The normalized spacial score (nSPS) is 16.1. The third-order valence-electron chi connectivity index (χ3n) is 10.2. The van der Waals surface area contributed by atoms with Crippen molar-refractivity contribution in [2.24, 2.45) is 0 Å². The van der Waals surface area contributed by atoms with Crippen LogP contribution in [0.3, 0.4) is 0 Å². The Hall–Kier alpha value is -5.82. The summed E-state index contributed by atoms with van der Waals surface area (Å²) in [5.74, 6) is 2.34. The minimum absolute atomic E-state index is 0.292. The van der Waals surface area contributed by atoms with Crippen LogP contribution in [0.1, 0.15) is 21.9 Å². The second-order valence-electron chi connectivity index (χ2n) is 13.1. The lowest BCUT2D eigenvalue weighted by atomic mass is 9.86. The van der Waals surface area contributed by atoms with Gasteiger partial charge in [0.1, 0.15) is 0 Å². The van der Waals surface area contributed by atoms with E-state index in [1.54, 1.807) is 0 Å². The van der Waals surface area contributed by atoms with Crippen molar-refractivity contribution < 1.29 is 0 Å². The monoisotopic (exact) mass is 688 g/mol. The summed E-state index contributed by atoms with van der Waals surface area (Å²) in [4.78, 5) is 17.9. The number of hydrogen-bond donors (Lipinski definition) is 0. The van der Waals surface area contributed by atoms with Gasteiger partial charge in [-0.2, -0.15) is 0 Å². The molecule has 11 rings (SSSR count). The number of fused-ring (bicyclic) bond motifs is 10. The molecule has 9 aromatic rings. The molecule has 1 aliphatic carbocycles. The predicted molar refractivity (Wildman–Crippen MR) is 213 cm³/mol. The van der Waals surface area contributed by atoms with E-state index in [1.165, 1.54) is 58.5 Å². The molecule has 0 saturated heterocycles. The number of para-hydroxylation sites is 2. The van der Waals surface area contributed by atoms with Crippen molar-refractivity contribution >= 4 is 61.1 Å². The van der Waals surface area contributed by atoms with Gasteiger partial charge in [0.05, 0.1) is 11.0 Å². The molecule has 51 heavy (non-hydrogen) atoms. The smallest absolute Gasteiger partial charge is 0.164 e. The highest BCUT2D eigenvalue weighted by molar-refractivity contribution is 8.00. The van der Waals surface area contributed by atoms with Crippen molar-refractivity contribution in [2.75, 3.05) is 0 Å². The van der Waals surface area contributed by atoms with E-state index in [-0.39, 0.29) is 0 Å². The van der Waals surface area contributed by atoms with E-state index < -0.39 is 0 Å². The third-order valence-corrected chi connectivity index (χ3v) is 12.8. The van der Waals surface area contributed by atoms with E-state index in [0.29, 0.717) is 28.6 Å². The molecule has 0 N–H and O–H groups in total. The first-order valence-corrected chi connectivity index (χ1v) is 18.9. The highest BCUT2D eigenvalue weighted by Crippen LogP contribution is 2.56. The van der Waals surface area contributed by atoms with Gasteiger partial charge < -0.3 is 4.57 Å². The van der Waals surface area contributed by atoms with E-state index in [4.69, 9.17) is 15.0 Å². The Kier molecular flexibility index (Phi) is 6.45. The summed E-state index contributed by atoms with van der Waals surface area (Å²) in [5.41, 5.74) is 9.36. The summed E-state index contributed by atoms with van der Waals surface area (Å²) in [5, 5.41) is 4.14. The van der Waals surface area contributed by atoms with Crippen LogP contribution >= 0.6 is 23.1 Å². The van der Waals surface area contributed by atoms with Crippen LogP contribution in [-0.4, -0.2) is 24.8 Å². The molecule has 0 bridgehead atoms. The summed E-state index contributed by atoms with van der Waals surface area (Å²) < 4.78 is 3.67. The topological polar surface area (TPSA) is 43.6 Å². The van der Waals surface area contributed by atoms with Crippen LogP contribution in [0.2, 0.25) is 0 Å². The van der Waals surface area contributed by atoms with Crippen LogP contribution in [0.25, 0.3) is 77.8 Å². The fraction of sp³-hybridized carbons (Fsp3) is 0.0444. The van der Waals surface area contributed by atoms with E-state index in [9.17, 15) is 0 Å². The predicted octanol–water partition coefficient (Wildman–Crippen LogP) is 11.8. The molecule has 2 unspecified atom stereocenters. The van der Waals surface area contributed by atoms with E-state index in [0.717, 1.165) is 16.7 Å². The molecule has 2 atom stereocenters. The number of benzene rings is 6. The molecule has 0 amide bonds. The third kappa shape index (κ3) is 4.50. The largest absolute Gasteiger partial charge is 0.309 e. The Bertz CT molecular complexity index is 2740. The molecule has 4 nitrogen and oxygen atoms in total. The van der Waals surface area contributed by atoms with Gasteiger partial charge in [-0.05, 0) is 41.5 Å². The average Bonchev–Trinajstić information content (AvgIpc) is 3.87. The highest BCUT2D eigenvalue weighted by Gasteiger charge is 2.38. The Morgan fingerprint density at radius 1 is 0.569 bits per heavy atom. The number of hydrogen-bond acceptors (Lipinski definition) is 5. The SMILES string of the molecule is C1=CC2Sc3cc(-n4c5ccccc5c5ccccc54)ccc3C2c2sc3cccc(-c4nc(-c5ccccc5)nc(-c5ccccc5)n4)c3c21. The molecule has 1 aliphatic heterocycles. The van der Waals surface area contributed by atoms with Gasteiger partial charge in [0.2, 0.25) is 0 Å². The van der Waals surface area contributed by atoms with Gasteiger partial charge >= 0.3 is 0 Å². The first-order valence-electron chi connectivity index (χ1n) is 17.2. The van der Waals surface area contributed by atoms with Crippen molar-refractivity contribution in [1.29, 1.82) is 0 Å². The second-order valence-corrected chi connectivity index (χ2v) is 15.4. The summed E-state index contributed by atoms with van der Waals surface area (Å²) >= 11 is 3.90. The standard InChI is InChI=1S/C45H28N4S2/c1-3-12-27(13-4-1)43-46-44(28-14-5-2-6-15-28)48-45(47-43)34-18-11-21-37-40(34)33-24-25-38-41(42(33)51-37)32-23-22-29(26-39(32)50-38)49-35-19-9-7-16-30(35)31-17-8-10-20-36(31)49/h1-26,38,41H. The Morgan fingerprint density at radius 3 is 1.88 bits per heavy atom. The van der Waals surface area contributed by atoms with Gasteiger partial charge in [-0.3, -0.25) is 0 Å². The van der Waals surface area contributed by atoms with Gasteiger partial charge in [0, 0.05) is 64.2 Å². The van der Waals surface area contributed by atoms with Crippen LogP contribution in [0, 0.1) is 0 Å². The van der Waals surface area contributed by atoms with Gasteiger partial charge in [-0.25, -0.2) is 15.0 Å². The van der Waals surface area contributed by atoms with Gasteiger partial charge in [0.25, 0.3) is 0 Å². The van der Waals surface area contributed by atoms with Gasteiger partial charge in [0.15, 0.2) is 17.5 Å². The lowest BCUT2D eigenvalue weighted by molar-refractivity contribution is 0.865. The molecule has 3 aromatic heterocycles. The van der Waals surface area contributed by atoms with Crippen molar-refractivity contribution in [2.45, 2.75) is 16.1 Å². The maximum Gasteiger partial charge on any atom is 0.164 e. The van der Waals surface area contributed by atoms with Crippen LogP contribution < -0.4 is 0 Å². The fourth-order valence-electron chi connectivity index (χ4n) is 7.95. The zero-order valence-corrected chi connectivity index (χ0v) is 28.9. The fourth-order valence-corrected chi connectivity index (χ4v) is 10.8. The minimum Gasteiger partial charge on any atom is -0.309 e. The number of nitrogens with zero attached hydrogens (tertiary/aromatic N) is 4. The molecular formula is C45H28N4S2. The molecule has 0 spiro atoms. The summed E-state index contributed by atoms with van der Waals surface area (Å²) in [6.45, 7) is 0. The van der Waals surface area contributed by atoms with E-state index in [1.807, 2.05) is 59.5 Å². The maximum absolute atomic E-state index is 5.11. The first-order chi connectivity index (χ1) is 25.3. The summed E-state index contributed by atoms with van der Waals surface area (Å²) in [6.07, 6.45) is 4.77. The quantitative estimate of drug-likeness (QED) is 0.185. The average molecular weight is 689 g/mol. The van der Waals surface area contributed by atoms with Crippen molar-refractivity contribution in [3.63, 3.8) is 0 Å². The number of aromatic nitrogens is 4. The lowest BCUT2D eigenvalue weighted by Gasteiger charge is -2.21. The zero-order valence-electron chi connectivity index (χ0n) is 27.3. The Balaban J connectivity index is 1.05. The number of thioether (sulfide) groups is 1. The molecule has 4 heterocycles. The number of thiophene rings is 1. The second kappa shape index (κ2) is 11.4. The van der Waals surface area contributed by atoms with E-state index >= 15 is 0 Å². The molecule has 2 aliphatic rings. The number of rotatable bonds is 4.